The first-order valence-corrected chi connectivity index (χ1v) is 5.55. The molecule has 0 spiro atoms. The predicted octanol–water partition coefficient (Wildman–Crippen LogP) is 2.44. The zero-order chi connectivity index (χ0) is 11.5. The molecule has 1 aromatic heterocycles. The number of hydrogen-bond acceptors (Lipinski definition) is 2. The molecule has 0 saturated heterocycles. The highest BCUT2D eigenvalue weighted by Gasteiger charge is 2.02. The van der Waals surface area contributed by atoms with Crippen molar-refractivity contribution >= 4 is 17.5 Å². The summed E-state index contributed by atoms with van der Waals surface area (Å²) in [5.74, 6) is 0.557. The summed E-state index contributed by atoms with van der Waals surface area (Å²) in [7, 11) is 1.89. The van der Waals surface area contributed by atoms with Crippen LogP contribution in [0.4, 0.5) is 5.95 Å². The molecule has 2 aromatic rings. The Bertz CT molecular complexity index is 471. The van der Waals surface area contributed by atoms with Crippen molar-refractivity contribution in [3.8, 4) is 0 Å². The molecule has 1 aromatic carbocycles. The van der Waals surface area contributed by atoms with Gasteiger partial charge < -0.3 is 10.3 Å². The normalized spacial score (nSPS) is 10.6. The highest BCUT2D eigenvalue weighted by Crippen LogP contribution is 2.13. The number of rotatable bonds is 3. The van der Waals surface area contributed by atoms with Crippen molar-refractivity contribution in [2.45, 2.75) is 12.8 Å². The Hall–Kier alpha value is -1.48. The number of nitrogens with zero attached hydrogens (tertiary/aromatic N) is 2. The third kappa shape index (κ3) is 2.55. The summed E-state index contributed by atoms with van der Waals surface area (Å²) in [6, 6.07) is 7.89. The van der Waals surface area contributed by atoms with E-state index in [9.17, 15) is 0 Å². The molecular weight excluding hydrogens is 222 g/mol. The van der Waals surface area contributed by atoms with Crippen molar-refractivity contribution < 1.29 is 0 Å². The fourth-order valence-corrected chi connectivity index (χ4v) is 1.84. The van der Waals surface area contributed by atoms with Gasteiger partial charge in [0.05, 0.1) is 5.69 Å². The number of halogens is 1. The molecule has 16 heavy (non-hydrogen) atoms. The van der Waals surface area contributed by atoms with Gasteiger partial charge in [0, 0.05) is 18.3 Å². The Kier molecular flexibility index (Phi) is 3.15. The predicted molar refractivity (Wildman–Crippen MR) is 66.5 cm³/mol. The summed E-state index contributed by atoms with van der Waals surface area (Å²) < 4.78 is 1.83. The average molecular weight is 236 g/mol. The lowest BCUT2D eigenvalue weighted by atomic mass is 10.1. The Labute approximate surface area is 99.9 Å². The van der Waals surface area contributed by atoms with Crippen LogP contribution in [0.3, 0.4) is 0 Å². The quantitative estimate of drug-likeness (QED) is 0.888. The van der Waals surface area contributed by atoms with E-state index in [-0.39, 0.29) is 0 Å². The van der Waals surface area contributed by atoms with Crippen LogP contribution in [-0.2, 0) is 19.9 Å². The van der Waals surface area contributed by atoms with Gasteiger partial charge in [0.15, 0.2) is 5.95 Å². The SMILES string of the molecule is Cn1cc(CCc2cccc(Cl)c2)nc1N. The van der Waals surface area contributed by atoms with Crippen LogP contribution < -0.4 is 5.73 Å². The summed E-state index contributed by atoms with van der Waals surface area (Å²) in [6.45, 7) is 0. The summed E-state index contributed by atoms with van der Waals surface area (Å²) in [5, 5.41) is 0.776. The summed E-state index contributed by atoms with van der Waals surface area (Å²) in [6.07, 6.45) is 3.77. The van der Waals surface area contributed by atoms with Crippen molar-refractivity contribution in [1.82, 2.24) is 9.55 Å². The van der Waals surface area contributed by atoms with Crippen LogP contribution in [0, 0.1) is 0 Å². The molecule has 2 rings (SSSR count). The third-order valence-electron chi connectivity index (χ3n) is 2.52. The first kappa shape index (κ1) is 11.0. The van der Waals surface area contributed by atoms with E-state index in [1.54, 1.807) is 0 Å². The van der Waals surface area contributed by atoms with Gasteiger partial charge in [-0.1, -0.05) is 23.7 Å². The zero-order valence-corrected chi connectivity index (χ0v) is 9.91. The van der Waals surface area contributed by atoms with Gasteiger partial charge in [0.25, 0.3) is 0 Å². The molecule has 84 valence electrons. The zero-order valence-electron chi connectivity index (χ0n) is 9.15. The number of anilines is 1. The number of hydrogen-bond donors (Lipinski definition) is 1. The van der Waals surface area contributed by atoms with Gasteiger partial charge in [-0.05, 0) is 30.5 Å². The van der Waals surface area contributed by atoms with Crippen molar-refractivity contribution in [3.63, 3.8) is 0 Å². The maximum atomic E-state index is 5.92. The van der Waals surface area contributed by atoms with Gasteiger partial charge in [0.1, 0.15) is 0 Å². The maximum Gasteiger partial charge on any atom is 0.200 e. The van der Waals surface area contributed by atoms with E-state index in [0.29, 0.717) is 5.95 Å². The Balaban J connectivity index is 2.02. The lowest BCUT2D eigenvalue weighted by molar-refractivity contribution is 0.909. The van der Waals surface area contributed by atoms with E-state index in [2.05, 4.69) is 11.1 Å². The minimum atomic E-state index is 0.557. The average Bonchev–Trinajstić information content (AvgIpc) is 2.56. The summed E-state index contributed by atoms with van der Waals surface area (Å²) in [4.78, 5) is 4.26. The van der Waals surface area contributed by atoms with Crippen LogP contribution in [-0.4, -0.2) is 9.55 Å². The third-order valence-corrected chi connectivity index (χ3v) is 2.76. The Morgan fingerprint density at radius 2 is 2.19 bits per heavy atom. The second-order valence-electron chi connectivity index (χ2n) is 3.83. The molecule has 0 aliphatic rings. The lowest BCUT2D eigenvalue weighted by Gasteiger charge is -1.99. The van der Waals surface area contributed by atoms with E-state index < -0.39 is 0 Å². The van der Waals surface area contributed by atoms with Gasteiger partial charge >= 0.3 is 0 Å². The molecule has 0 fully saturated rings. The molecule has 0 unspecified atom stereocenters. The van der Waals surface area contributed by atoms with E-state index in [1.807, 2.05) is 36.0 Å². The van der Waals surface area contributed by atoms with Crippen molar-refractivity contribution in [3.05, 3.63) is 46.7 Å². The molecule has 0 atom stereocenters. The molecular formula is C12H14ClN3. The number of benzene rings is 1. The molecule has 0 aliphatic heterocycles. The molecule has 4 heteroatoms. The fourth-order valence-electron chi connectivity index (χ4n) is 1.63. The summed E-state index contributed by atoms with van der Waals surface area (Å²) in [5.41, 5.74) is 7.90. The molecule has 2 N–H and O–H groups in total. The number of aromatic nitrogens is 2. The van der Waals surface area contributed by atoms with E-state index in [0.717, 1.165) is 23.6 Å². The molecule has 3 nitrogen and oxygen atoms in total. The topological polar surface area (TPSA) is 43.8 Å². The van der Waals surface area contributed by atoms with Crippen LogP contribution in [0.1, 0.15) is 11.3 Å². The Morgan fingerprint density at radius 3 is 2.81 bits per heavy atom. The van der Waals surface area contributed by atoms with Crippen LogP contribution in [0.5, 0.6) is 0 Å². The molecule has 0 amide bonds. The second kappa shape index (κ2) is 4.58. The van der Waals surface area contributed by atoms with Crippen LogP contribution in [0.2, 0.25) is 5.02 Å². The summed E-state index contributed by atoms with van der Waals surface area (Å²) >= 11 is 5.92. The molecule has 0 bridgehead atoms. The minimum Gasteiger partial charge on any atom is -0.369 e. The maximum absolute atomic E-state index is 5.92. The highest BCUT2D eigenvalue weighted by atomic mass is 35.5. The number of nitrogen functional groups attached to an aromatic ring is 1. The highest BCUT2D eigenvalue weighted by molar-refractivity contribution is 6.30. The molecule has 1 heterocycles. The van der Waals surface area contributed by atoms with Gasteiger partial charge in [-0.25, -0.2) is 4.98 Å². The van der Waals surface area contributed by atoms with Crippen LogP contribution in [0.15, 0.2) is 30.5 Å². The molecule has 0 aliphatic carbocycles. The largest absolute Gasteiger partial charge is 0.369 e. The van der Waals surface area contributed by atoms with Crippen molar-refractivity contribution in [2.75, 3.05) is 5.73 Å². The monoisotopic (exact) mass is 235 g/mol. The first-order chi connectivity index (χ1) is 7.65. The smallest absolute Gasteiger partial charge is 0.200 e. The van der Waals surface area contributed by atoms with E-state index in [4.69, 9.17) is 17.3 Å². The molecule has 0 radical (unpaired) electrons. The standard InChI is InChI=1S/C12H14ClN3/c1-16-8-11(15-12(16)14)6-5-9-3-2-4-10(13)7-9/h2-4,7-8H,5-6H2,1H3,(H2,14,15). The first-order valence-electron chi connectivity index (χ1n) is 5.17. The van der Waals surface area contributed by atoms with Gasteiger partial charge in [-0.15, -0.1) is 0 Å². The van der Waals surface area contributed by atoms with Gasteiger partial charge in [-0.3, -0.25) is 0 Å². The van der Waals surface area contributed by atoms with Crippen LogP contribution >= 0.6 is 11.6 Å². The van der Waals surface area contributed by atoms with Crippen molar-refractivity contribution in [2.24, 2.45) is 7.05 Å². The lowest BCUT2D eigenvalue weighted by Crippen LogP contribution is -1.95. The van der Waals surface area contributed by atoms with Crippen LogP contribution in [0.25, 0.3) is 0 Å². The van der Waals surface area contributed by atoms with Gasteiger partial charge in [-0.2, -0.15) is 0 Å². The second-order valence-corrected chi connectivity index (χ2v) is 4.27. The fraction of sp³-hybridized carbons (Fsp3) is 0.250. The minimum absolute atomic E-state index is 0.557. The molecule has 0 saturated carbocycles. The van der Waals surface area contributed by atoms with E-state index >= 15 is 0 Å². The van der Waals surface area contributed by atoms with E-state index in [1.165, 1.54) is 5.56 Å². The number of aryl methyl sites for hydroxylation is 3. The van der Waals surface area contributed by atoms with Crippen molar-refractivity contribution in [1.29, 1.82) is 0 Å². The number of imidazole rings is 1. The number of nitrogens with two attached hydrogens (primary N) is 1. The Morgan fingerprint density at radius 1 is 1.38 bits per heavy atom. The van der Waals surface area contributed by atoms with Gasteiger partial charge in [0.2, 0.25) is 0 Å².